The monoisotopic (exact) mass is 384 g/mol. The highest BCUT2D eigenvalue weighted by atomic mass is 35.5. The minimum Gasteiger partial charge on any atom is -0.407 e. The lowest BCUT2D eigenvalue weighted by Gasteiger charge is -2.27. The van der Waals surface area contributed by atoms with Gasteiger partial charge in [0.05, 0.1) is 21.7 Å². The number of hydrogen-bond donors (Lipinski definition) is 0. The van der Waals surface area contributed by atoms with Crippen LogP contribution in [0.5, 0.6) is 0 Å². The molecule has 0 radical (unpaired) electrons. The van der Waals surface area contributed by atoms with Crippen molar-refractivity contribution in [2.45, 2.75) is 0 Å². The molecule has 1 saturated heterocycles. The third kappa shape index (κ3) is 4.08. The van der Waals surface area contributed by atoms with Crippen LogP contribution < -0.4 is 5.46 Å². The first-order valence-corrected chi connectivity index (χ1v) is 8.69. The molecule has 0 amide bonds. The van der Waals surface area contributed by atoms with Gasteiger partial charge in [-0.2, -0.15) is 0 Å². The summed E-state index contributed by atoms with van der Waals surface area (Å²) in [5.41, 5.74) is 2.87. The normalized spacial score (nSPS) is 15.8. The molecule has 1 aliphatic rings. The minimum absolute atomic E-state index is 0.281. The molecule has 0 N–H and O–H groups in total. The molecule has 0 atom stereocenters. The van der Waals surface area contributed by atoms with E-state index < -0.39 is 0 Å². The molecule has 2 aromatic rings. The molecule has 0 saturated carbocycles. The van der Waals surface area contributed by atoms with Crippen LogP contribution in [0.3, 0.4) is 0 Å². The summed E-state index contributed by atoms with van der Waals surface area (Å²) in [5, 5.41) is 1.24. The van der Waals surface area contributed by atoms with Crippen LogP contribution in [0.2, 0.25) is 15.1 Å². The Bertz CT molecular complexity index is 678. The molecule has 3 rings (SSSR count). The van der Waals surface area contributed by atoms with Crippen LogP contribution >= 0.6 is 34.8 Å². The van der Waals surface area contributed by atoms with E-state index in [1.54, 1.807) is 19.2 Å². The lowest BCUT2D eigenvalue weighted by atomic mass is 9.77. The van der Waals surface area contributed by atoms with Crippen molar-refractivity contribution in [3.8, 4) is 11.1 Å². The summed E-state index contributed by atoms with van der Waals surface area (Å²) < 4.78 is 16.7. The fraction of sp³-hybridized carbons (Fsp3) is 0.294. The van der Waals surface area contributed by atoms with Gasteiger partial charge in [0, 0.05) is 26.2 Å². The first-order valence-electron chi connectivity index (χ1n) is 7.55. The fourth-order valence-corrected chi connectivity index (χ4v) is 3.22. The average molecular weight is 385 g/mol. The van der Waals surface area contributed by atoms with Gasteiger partial charge in [-0.15, -0.1) is 0 Å². The maximum atomic E-state index is 6.09. The van der Waals surface area contributed by atoms with E-state index >= 15 is 0 Å². The van der Waals surface area contributed by atoms with E-state index in [4.69, 9.17) is 48.8 Å². The third-order valence-electron chi connectivity index (χ3n) is 3.87. The standard InChI is InChI=1S/C17H16BCl3O3/c1-22-8-11-9-23-18(24-10-11)14-4-2-12(3-5-14)13-6-15(19)17(21)16(20)7-13/h2-7,11H,8-10H2,1H3. The van der Waals surface area contributed by atoms with Crippen LogP contribution in [0.4, 0.5) is 0 Å². The molecule has 1 aliphatic heterocycles. The molecule has 7 heteroatoms. The Hall–Kier alpha value is -0.745. The highest BCUT2D eigenvalue weighted by Crippen LogP contribution is 2.34. The second-order valence-electron chi connectivity index (χ2n) is 5.70. The van der Waals surface area contributed by atoms with Crippen molar-refractivity contribution in [2.75, 3.05) is 26.9 Å². The van der Waals surface area contributed by atoms with E-state index in [-0.39, 0.29) is 13.0 Å². The predicted molar refractivity (Wildman–Crippen MR) is 99.6 cm³/mol. The molecule has 0 aliphatic carbocycles. The molecule has 24 heavy (non-hydrogen) atoms. The Kier molecular flexibility index (Phi) is 6.09. The molecule has 1 heterocycles. The topological polar surface area (TPSA) is 27.7 Å². The van der Waals surface area contributed by atoms with Crippen molar-refractivity contribution < 1.29 is 14.0 Å². The van der Waals surface area contributed by atoms with Gasteiger partial charge >= 0.3 is 7.12 Å². The lowest BCUT2D eigenvalue weighted by Crippen LogP contribution is -2.45. The fourth-order valence-electron chi connectivity index (χ4n) is 2.62. The van der Waals surface area contributed by atoms with Gasteiger partial charge in [-0.1, -0.05) is 59.1 Å². The van der Waals surface area contributed by atoms with E-state index in [1.807, 2.05) is 24.3 Å². The van der Waals surface area contributed by atoms with E-state index in [9.17, 15) is 0 Å². The number of hydrogen-bond acceptors (Lipinski definition) is 3. The van der Waals surface area contributed by atoms with Crippen molar-refractivity contribution in [3.05, 3.63) is 51.5 Å². The highest BCUT2D eigenvalue weighted by Gasteiger charge is 2.29. The molecule has 0 aromatic heterocycles. The number of benzene rings is 2. The lowest BCUT2D eigenvalue weighted by molar-refractivity contribution is 0.0364. The highest BCUT2D eigenvalue weighted by molar-refractivity contribution is 6.61. The van der Waals surface area contributed by atoms with Gasteiger partial charge in [-0.05, 0) is 28.7 Å². The van der Waals surface area contributed by atoms with Crippen molar-refractivity contribution in [3.63, 3.8) is 0 Å². The molecule has 0 spiro atoms. The molecular weight excluding hydrogens is 369 g/mol. The third-order valence-corrected chi connectivity index (χ3v) is 5.07. The molecule has 0 bridgehead atoms. The molecule has 2 aromatic carbocycles. The maximum absolute atomic E-state index is 6.09. The molecule has 126 valence electrons. The Morgan fingerprint density at radius 1 is 1.00 bits per heavy atom. The van der Waals surface area contributed by atoms with Crippen LogP contribution in [-0.4, -0.2) is 34.0 Å². The zero-order chi connectivity index (χ0) is 17.1. The summed E-state index contributed by atoms with van der Waals surface area (Å²) >= 11 is 18.2. The van der Waals surface area contributed by atoms with Gasteiger partial charge < -0.3 is 14.0 Å². The summed E-state index contributed by atoms with van der Waals surface area (Å²) in [7, 11) is 1.34. The van der Waals surface area contributed by atoms with Gasteiger partial charge in [-0.3, -0.25) is 0 Å². The SMILES string of the molecule is COCC1COB(c2ccc(-c3cc(Cl)c(Cl)c(Cl)c3)cc2)OC1. The first-order chi connectivity index (χ1) is 11.6. The molecular formula is C17H16BCl3O3. The second-order valence-corrected chi connectivity index (χ2v) is 6.89. The van der Waals surface area contributed by atoms with Gasteiger partial charge in [0.1, 0.15) is 0 Å². The Morgan fingerprint density at radius 2 is 1.58 bits per heavy atom. The van der Waals surface area contributed by atoms with Crippen molar-refractivity contribution in [1.82, 2.24) is 0 Å². The number of rotatable bonds is 4. The van der Waals surface area contributed by atoms with E-state index in [1.165, 1.54) is 0 Å². The van der Waals surface area contributed by atoms with Gasteiger partial charge in [0.25, 0.3) is 0 Å². The quantitative estimate of drug-likeness (QED) is 0.580. The summed E-state index contributed by atoms with van der Waals surface area (Å²) in [6.45, 7) is 1.90. The Labute approximate surface area is 156 Å². The van der Waals surface area contributed by atoms with Crippen molar-refractivity contribution in [1.29, 1.82) is 0 Å². The zero-order valence-electron chi connectivity index (χ0n) is 13.1. The number of methoxy groups -OCH3 is 1. The van der Waals surface area contributed by atoms with Crippen molar-refractivity contribution in [2.24, 2.45) is 5.92 Å². The summed E-state index contributed by atoms with van der Waals surface area (Å²) in [6.07, 6.45) is 0. The summed E-state index contributed by atoms with van der Waals surface area (Å²) in [6, 6.07) is 11.5. The van der Waals surface area contributed by atoms with Crippen LogP contribution in [0, 0.1) is 5.92 Å². The average Bonchev–Trinajstić information content (AvgIpc) is 2.60. The molecule has 3 nitrogen and oxygen atoms in total. The van der Waals surface area contributed by atoms with Crippen LogP contribution in [0.15, 0.2) is 36.4 Å². The van der Waals surface area contributed by atoms with Crippen molar-refractivity contribution >= 4 is 47.4 Å². The largest absolute Gasteiger partial charge is 0.493 e. The summed E-state index contributed by atoms with van der Waals surface area (Å²) in [4.78, 5) is 0. The smallest absolute Gasteiger partial charge is 0.407 e. The molecule has 1 fully saturated rings. The molecule has 0 unspecified atom stereocenters. The van der Waals surface area contributed by atoms with E-state index in [0.717, 1.165) is 16.6 Å². The Morgan fingerprint density at radius 3 is 2.12 bits per heavy atom. The van der Waals surface area contributed by atoms with Crippen LogP contribution in [0.1, 0.15) is 0 Å². The number of ether oxygens (including phenoxy) is 1. The number of halogens is 3. The van der Waals surface area contributed by atoms with Gasteiger partial charge in [-0.25, -0.2) is 0 Å². The zero-order valence-corrected chi connectivity index (χ0v) is 15.4. The first kappa shape index (κ1) is 18.1. The van der Waals surface area contributed by atoms with Gasteiger partial charge in [0.15, 0.2) is 0 Å². The second kappa shape index (κ2) is 8.09. The van der Waals surface area contributed by atoms with E-state index in [2.05, 4.69) is 0 Å². The van der Waals surface area contributed by atoms with Crippen LogP contribution in [0.25, 0.3) is 11.1 Å². The van der Waals surface area contributed by atoms with E-state index in [0.29, 0.717) is 34.9 Å². The predicted octanol–water partition coefficient (Wildman–Crippen LogP) is 4.32. The minimum atomic E-state index is -0.343. The Balaban J connectivity index is 1.72. The summed E-state index contributed by atoms with van der Waals surface area (Å²) in [5.74, 6) is 0.281. The van der Waals surface area contributed by atoms with Crippen LogP contribution in [-0.2, 0) is 14.0 Å². The maximum Gasteiger partial charge on any atom is 0.493 e. The van der Waals surface area contributed by atoms with Gasteiger partial charge in [0.2, 0.25) is 0 Å².